The number of aryl methyl sites for hydroxylation is 2. The molecule has 1 aliphatic rings. The van der Waals surface area contributed by atoms with Crippen molar-refractivity contribution in [1.82, 2.24) is 4.98 Å². The van der Waals surface area contributed by atoms with Crippen LogP contribution in [0.5, 0.6) is 5.75 Å². The molecular formula is C22H18N2O4S. The van der Waals surface area contributed by atoms with Crippen molar-refractivity contribution in [3.63, 3.8) is 0 Å². The van der Waals surface area contributed by atoms with Crippen molar-refractivity contribution in [2.24, 2.45) is 0 Å². The molecule has 3 aromatic rings. The molecule has 0 spiro atoms. The summed E-state index contributed by atoms with van der Waals surface area (Å²) < 4.78 is 0. The summed E-state index contributed by atoms with van der Waals surface area (Å²) >= 11 is 1.30. The van der Waals surface area contributed by atoms with Gasteiger partial charge in [0.05, 0.1) is 17.3 Å². The summed E-state index contributed by atoms with van der Waals surface area (Å²) in [5, 5.41) is 21.3. The molecule has 1 fully saturated rings. The van der Waals surface area contributed by atoms with Crippen molar-refractivity contribution in [3.05, 3.63) is 81.9 Å². The predicted octanol–water partition coefficient (Wildman–Crippen LogP) is 4.09. The molecule has 2 N–H and O–H groups in total. The number of Topliss-reactive ketones (excluding diaryl/α,β-unsaturated/α-hetero) is 1. The Morgan fingerprint density at radius 2 is 1.79 bits per heavy atom. The van der Waals surface area contributed by atoms with Gasteiger partial charge in [0.25, 0.3) is 5.78 Å². The van der Waals surface area contributed by atoms with Crippen molar-refractivity contribution >= 4 is 33.9 Å². The second-order valence-electron chi connectivity index (χ2n) is 6.77. The van der Waals surface area contributed by atoms with Gasteiger partial charge in [-0.1, -0.05) is 42.5 Å². The van der Waals surface area contributed by atoms with E-state index in [0.717, 1.165) is 10.6 Å². The highest BCUT2D eigenvalue weighted by atomic mass is 32.1. The number of phenolic OH excluding ortho intramolecular Hbond substituents is 1. The average molecular weight is 406 g/mol. The van der Waals surface area contributed by atoms with Gasteiger partial charge in [-0.05, 0) is 31.5 Å². The SMILES string of the molecule is Cc1nc(N2C(=O)C(=O)/C(=C(/O)c3ccccc3)C2c2cccc(O)c2)sc1C. The van der Waals surface area contributed by atoms with Crippen LogP contribution in [0.4, 0.5) is 5.13 Å². The van der Waals surface area contributed by atoms with Crippen molar-refractivity contribution in [2.75, 3.05) is 4.90 Å². The zero-order valence-electron chi connectivity index (χ0n) is 15.8. The van der Waals surface area contributed by atoms with E-state index in [1.54, 1.807) is 42.5 Å². The van der Waals surface area contributed by atoms with Crippen molar-refractivity contribution in [2.45, 2.75) is 19.9 Å². The van der Waals surface area contributed by atoms with Crippen LogP contribution >= 0.6 is 11.3 Å². The van der Waals surface area contributed by atoms with Crippen molar-refractivity contribution < 1.29 is 19.8 Å². The fraction of sp³-hybridized carbons (Fsp3) is 0.136. The molecule has 0 saturated carbocycles. The topological polar surface area (TPSA) is 90.7 Å². The Balaban J connectivity index is 1.97. The molecule has 7 heteroatoms. The summed E-state index contributed by atoms with van der Waals surface area (Å²) in [5.74, 6) is -1.81. The van der Waals surface area contributed by atoms with E-state index in [1.165, 1.54) is 28.4 Å². The molecule has 2 aromatic carbocycles. The van der Waals surface area contributed by atoms with Crippen LogP contribution in [-0.4, -0.2) is 26.9 Å². The number of ketones is 1. The molecule has 1 aromatic heterocycles. The van der Waals surface area contributed by atoms with Crippen molar-refractivity contribution in [1.29, 1.82) is 0 Å². The third kappa shape index (κ3) is 3.19. The Kier molecular flexibility index (Phi) is 4.68. The Hall–Kier alpha value is -3.45. The zero-order valence-corrected chi connectivity index (χ0v) is 16.6. The lowest BCUT2D eigenvalue weighted by molar-refractivity contribution is -0.132. The third-order valence-electron chi connectivity index (χ3n) is 4.90. The van der Waals surface area contributed by atoms with Gasteiger partial charge >= 0.3 is 5.91 Å². The van der Waals surface area contributed by atoms with Gasteiger partial charge in [-0.15, -0.1) is 11.3 Å². The molecular weight excluding hydrogens is 388 g/mol. The number of carbonyl (C=O) groups excluding carboxylic acids is 2. The number of hydrogen-bond donors (Lipinski definition) is 2. The fourth-order valence-electron chi connectivity index (χ4n) is 3.35. The molecule has 1 aliphatic heterocycles. The van der Waals surface area contributed by atoms with Crippen molar-refractivity contribution in [3.8, 4) is 5.75 Å². The molecule has 0 aliphatic carbocycles. The highest BCUT2D eigenvalue weighted by Gasteiger charge is 2.48. The predicted molar refractivity (Wildman–Crippen MR) is 111 cm³/mol. The molecule has 0 radical (unpaired) electrons. The third-order valence-corrected chi connectivity index (χ3v) is 5.97. The van der Waals surface area contributed by atoms with Crippen LogP contribution in [0, 0.1) is 13.8 Å². The minimum absolute atomic E-state index is 0.000649. The second kappa shape index (κ2) is 7.18. The number of amides is 1. The van der Waals surface area contributed by atoms with Gasteiger partial charge in [-0.25, -0.2) is 4.98 Å². The molecule has 4 rings (SSSR count). The van der Waals surface area contributed by atoms with Gasteiger partial charge in [0, 0.05) is 10.4 Å². The fourth-order valence-corrected chi connectivity index (χ4v) is 4.29. The molecule has 1 saturated heterocycles. The largest absolute Gasteiger partial charge is 0.508 e. The number of anilines is 1. The lowest BCUT2D eigenvalue weighted by atomic mass is 9.95. The van der Waals surface area contributed by atoms with E-state index in [1.807, 2.05) is 13.8 Å². The molecule has 1 atom stereocenters. The number of thiazole rings is 1. The lowest BCUT2D eigenvalue weighted by Crippen LogP contribution is -2.29. The Bertz CT molecular complexity index is 1130. The van der Waals surface area contributed by atoms with Gasteiger partial charge in [0.15, 0.2) is 5.13 Å². The maximum Gasteiger partial charge on any atom is 0.301 e. The van der Waals surface area contributed by atoms with Crippen LogP contribution in [0.15, 0.2) is 60.2 Å². The Morgan fingerprint density at radius 1 is 1.07 bits per heavy atom. The molecule has 0 bridgehead atoms. The first-order chi connectivity index (χ1) is 13.9. The van der Waals surface area contributed by atoms with E-state index < -0.39 is 17.7 Å². The van der Waals surface area contributed by atoms with Crippen LogP contribution in [0.3, 0.4) is 0 Å². The summed E-state index contributed by atoms with van der Waals surface area (Å²) in [6, 6.07) is 14.0. The van der Waals surface area contributed by atoms with E-state index in [-0.39, 0.29) is 17.1 Å². The number of nitrogens with zero attached hydrogens (tertiary/aromatic N) is 2. The summed E-state index contributed by atoms with van der Waals surface area (Å²) in [4.78, 5) is 32.6. The Labute approximate surface area is 171 Å². The number of aromatic nitrogens is 1. The second-order valence-corrected chi connectivity index (χ2v) is 7.95. The highest BCUT2D eigenvalue weighted by Crippen LogP contribution is 2.44. The van der Waals surface area contributed by atoms with Gasteiger partial charge in [0.2, 0.25) is 0 Å². The number of aliphatic hydroxyl groups is 1. The number of rotatable bonds is 3. The van der Waals surface area contributed by atoms with Crippen LogP contribution < -0.4 is 4.90 Å². The molecule has 6 nitrogen and oxygen atoms in total. The molecule has 1 amide bonds. The average Bonchev–Trinajstić information content (AvgIpc) is 3.18. The molecule has 1 unspecified atom stereocenters. The van der Waals surface area contributed by atoms with Gasteiger partial charge < -0.3 is 10.2 Å². The Morgan fingerprint density at radius 3 is 2.41 bits per heavy atom. The summed E-state index contributed by atoms with van der Waals surface area (Å²) in [6.07, 6.45) is 0. The maximum absolute atomic E-state index is 13.0. The molecule has 2 heterocycles. The van der Waals surface area contributed by atoms with Crippen LogP contribution in [0.1, 0.15) is 27.7 Å². The summed E-state index contributed by atoms with van der Waals surface area (Å²) in [5.41, 5.74) is 1.68. The van der Waals surface area contributed by atoms with E-state index >= 15 is 0 Å². The summed E-state index contributed by atoms with van der Waals surface area (Å²) in [6.45, 7) is 3.72. The highest BCUT2D eigenvalue weighted by molar-refractivity contribution is 7.16. The maximum atomic E-state index is 13.0. The van der Waals surface area contributed by atoms with Crippen LogP contribution in [0.2, 0.25) is 0 Å². The number of carbonyl (C=O) groups is 2. The smallest absolute Gasteiger partial charge is 0.301 e. The first-order valence-electron chi connectivity index (χ1n) is 8.98. The summed E-state index contributed by atoms with van der Waals surface area (Å²) in [7, 11) is 0. The van der Waals surface area contributed by atoms with Gasteiger partial charge in [0.1, 0.15) is 11.5 Å². The standard InChI is InChI=1S/C22H18N2O4S/c1-12-13(2)29-22(23-12)24-18(15-9-6-10-16(25)11-15)17(20(27)21(24)28)19(26)14-7-4-3-5-8-14/h3-11,18,25-26H,1-2H3/b19-17+. The van der Waals surface area contributed by atoms with E-state index in [0.29, 0.717) is 16.3 Å². The number of hydrogen-bond acceptors (Lipinski definition) is 6. The van der Waals surface area contributed by atoms with E-state index in [2.05, 4.69) is 4.98 Å². The number of phenols is 1. The van der Waals surface area contributed by atoms with Gasteiger partial charge in [-0.3, -0.25) is 14.5 Å². The minimum Gasteiger partial charge on any atom is -0.508 e. The lowest BCUT2D eigenvalue weighted by Gasteiger charge is -2.23. The van der Waals surface area contributed by atoms with E-state index in [4.69, 9.17) is 0 Å². The first kappa shape index (κ1) is 18.9. The van der Waals surface area contributed by atoms with Crippen LogP contribution in [-0.2, 0) is 9.59 Å². The quantitative estimate of drug-likeness (QED) is 0.388. The zero-order chi connectivity index (χ0) is 20.7. The number of aliphatic hydroxyl groups excluding tert-OH is 1. The number of benzene rings is 2. The van der Waals surface area contributed by atoms with Crippen LogP contribution in [0.25, 0.3) is 5.76 Å². The van der Waals surface area contributed by atoms with E-state index in [9.17, 15) is 19.8 Å². The first-order valence-corrected chi connectivity index (χ1v) is 9.79. The monoisotopic (exact) mass is 406 g/mol. The number of aromatic hydroxyl groups is 1. The molecule has 146 valence electrons. The molecule has 29 heavy (non-hydrogen) atoms. The minimum atomic E-state index is -0.896. The van der Waals surface area contributed by atoms with Gasteiger partial charge in [-0.2, -0.15) is 0 Å². The normalized spacial score (nSPS) is 18.4.